The number of nitrogens with zero attached hydrogens (tertiary/aromatic N) is 1. The fourth-order valence-corrected chi connectivity index (χ4v) is 5.29. The van der Waals surface area contributed by atoms with Gasteiger partial charge in [0.25, 0.3) is 0 Å². The maximum Gasteiger partial charge on any atom is 0.241 e. The van der Waals surface area contributed by atoms with E-state index in [-0.39, 0.29) is 17.2 Å². The third-order valence-corrected chi connectivity index (χ3v) is 7.89. The van der Waals surface area contributed by atoms with E-state index in [0.29, 0.717) is 0 Å². The highest BCUT2D eigenvalue weighted by Gasteiger charge is 2.30. The molecule has 4 atom stereocenters. The molecule has 0 aliphatic rings. The fraction of sp³-hybridized carbons (Fsp3) is 0.321. The Morgan fingerprint density at radius 3 is 1.94 bits per heavy atom. The third-order valence-electron chi connectivity index (χ3n) is 6.40. The van der Waals surface area contributed by atoms with Crippen LogP contribution >= 0.6 is 0 Å². The van der Waals surface area contributed by atoms with Crippen molar-refractivity contribution >= 4 is 15.9 Å². The minimum Gasteiger partial charge on any atom is -0.386 e. The van der Waals surface area contributed by atoms with Gasteiger partial charge in [0.05, 0.1) is 17.0 Å². The number of hydrogen-bond donors (Lipinski definition) is 2. The van der Waals surface area contributed by atoms with Gasteiger partial charge >= 0.3 is 0 Å². The molecule has 186 valence electrons. The second-order valence-corrected chi connectivity index (χ2v) is 10.8. The van der Waals surface area contributed by atoms with Gasteiger partial charge < -0.3 is 10.0 Å². The standard InChI is InChI=1S/C28H34N2O4S/c1-20-15-17-25(18-16-20)35(33,34)29-26(23-11-7-5-8-12-23)19-21(2)28(32)30(4)22(3)27(31)24-13-9-6-10-14-24/h5-18,21-22,26-27,29,31H,19H2,1-4H3/t21-,22-,26+,27+/m0/s1. The predicted molar refractivity (Wildman–Crippen MR) is 138 cm³/mol. The molecule has 0 saturated heterocycles. The van der Waals surface area contributed by atoms with Crippen molar-refractivity contribution < 1.29 is 18.3 Å². The van der Waals surface area contributed by atoms with E-state index in [0.717, 1.165) is 16.7 Å². The molecule has 7 heteroatoms. The lowest BCUT2D eigenvalue weighted by molar-refractivity contribution is -0.138. The first-order valence-electron chi connectivity index (χ1n) is 11.7. The van der Waals surface area contributed by atoms with Crippen LogP contribution in [-0.4, -0.2) is 37.4 Å². The maximum atomic E-state index is 13.3. The Balaban J connectivity index is 1.78. The molecule has 0 aromatic heterocycles. The van der Waals surface area contributed by atoms with Crippen molar-refractivity contribution in [2.45, 2.75) is 50.3 Å². The largest absolute Gasteiger partial charge is 0.386 e. The van der Waals surface area contributed by atoms with Crippen LogP contribution < -0.4 is 4.72 Å². The number of nitrogens with one attached hydrogen (secondary N) is 1. The van der Waals surface area contributed by atoms with Crippen LogP contribution in [0, 0.1) is 12.8 Å². The molecule has 0 saturated carbocycles. The van der Waals surface area contributed by atoms with Gasteiger partial charge in [-0.2, -0.15) is 0 Å². The molecule has 0 fully saturated rings. The number of carbonyl (C=O) groups excluding carboxylic acids is 1. The number of carbonyl (C=O) groups is 1. The molecule has 0 bridgehead atoms. The van der Waals surface area contributed by atoms with Gasteiger partial charge in [-0.05, 0) is 43.5 Å². The molecule has 2 N–H and O–H groups in total. The summed E-state index contributed by atoms with van der Waals surface area (Å²) in [5, 5.41) is 10.8. The first kappa shape index (κ1) is 26.6. The summed E-state index contributed by atoms with van der Waals surface area (Å²) in [7, 11) is -2.13. The molecule has 0 aliphatic carbocycles. The minimum atomic E-state index is -3.80. The van der Waals surface area contributed by atoms with Crippen LogP contribution in [0.15, 0.2) is 89.8 Å². The van der Waals surface area contributed by atoms with Crippen LogP contribution in [0.1, 0.15) is 49.1 Å². The number of aliphatic hydroxyl groups excluding tert-OH is 1. The van der Waals surface area contributed by atoms with E-state index in [1.165, 1.54) is 0 Å². The lowest BCUT2D eigenvalue weighted by atomic mass is 9.94. The molecule has 0 heterocycles. The summed E-state index contributed by atoms with van der Waals surface area (Å²) in [5.74, 6) is -0.653. The summed E-state index contributed by atoms with van der Waals surface area (Å²) in [6, 6.07) is 24.1. The highest BCUT2D eigenvalue weighted by molar-refractivity contribution is 7.89. The van der Waals surface area contributed by atoms with E-state index < -0.39 is 34.1 Å². The van der Waals surface area contributed by atoms with E-state index in [9.17, 15) is 18.3 Å². The van der Waals surface area contributed by atoms with E-state index in [1.807, 2.05) is 67.6 Å². The van der Waals surface area contributed by atoms with E-state index in [1.54, 1.807) is 50.1 Å². The lowest BCUT2D eigenvalue weighted by Crippen LogP contribution is -2.42. The molecule has 3 rings (SSSR count). The highest BCUT2D eigenvalue weighted by Crippen LogP contribution is 2.27. The molecule has 0 radical (unpaired) electrons. The average molecular weight is 495 g/mol. The van der Waals surface area contributed by atoms with Crippen molar-refractivity contribution in [3.05, 3.63) is 102 Å². The topological polar surface area (TPSA) is 86.7 Å². The summed E-state index contributed by atoms with van der Waals surface area (Å²) < 4.78 is 29.1. The summed E-state index contributed by atoms with van der Waals surface area (Å²) in [5.41, 5.74) is 2.49. The first-order valence-corrected chi connectivity index (χ1v) is 13.2. The van der Waals surface area contributed by atoms with Gasteiger partial charge in [0.1, 0.15) is 0 Å². The van der Waals surface area contributed by atoms with Gasteiger partial charge in [-0.3, -0.25) is 4.79 Å². The average Bonchev–Trinajstić information content (AvgIpc) is 2.87. The van der Waals surface area contributed by atoms with Crippen LogP contribution in [0.25, 0.3) is 0 Å². The summed E-state index contributed by atoms with van der Waals surface area (Å²) in [6.07, 6.45) is -0.561. The molecule has 3 aromatic carbocycles. The quantitative estimate of drug-likeness (QED) is 0.431. The van der Waals surface area contributed by atoms with E-state index in [2.05, 4.69) is 4.72 Å². The number of likely N-dealkylation sites (N-methyl/N-ethyl adjacent to an activating group) is 1. The van der Waals surface area contributed by atoms with Crippen molar-refractivity contribution in [3.63, 3.8) is 0 Å². The number of sulfonamides is 1. The van der Waals surface area contributed by atoms with Crippen molar-refractivity contribution in [2.24, 2.45) is 5.92 Å². The summed E-state index contributed by atoms with van der Waals surface area (Å²) in [4.78, 5) is 15.0. The second kappa shape index (κ2) is 11.6. The fourth-order valence-electron chi connectivity index (χ4n) is 4.05. The third kappa shape index (κ3) is 6.78. The molecule has 0 spiro atoms. The zero-order valence-electron chi connectivity index (χ0n) is 20.6. The lowest BCUT2D eigenvalue weighted by Gasteiger charge is -2.32. The van der Waals surface area contributed by atoms with Crippen LogP contribution in [0.2, 0.25) is 0 Å². The smallest absolute Gasteiger partial charge is 0.241 e. The van der Waals surface area contributed by atoms with Gasteiger partial charge in [-0.15, -0.1) is 0 Å². The van der Waals surface area contributed by atoms with Crippen molar-refractivity contribution in [2.75, 3.05) is 7.05 Å². The number of amides is 1. The highest BCUT2D eigenvalue weighted by atomic mass is 32.2. The molecule has 6 nitrogen and oxygen atoms in total. The van der Waals surface area contributed by atoms with Crippen molar-refractivity contribution in [3.8, 4) is 0 Å². The van der Waals surface area contributed by atoms with Crippen LogP contribution in [-0.2, 0) is 14.8 Å². The SMILES string of the molecule is Cc1ccc(S(=O)(=O)N[C@H](C[C@H](C)C(=O)N(C)[C@@H](C)[C@@H](O)c2ccccc2)c2ccccc2)cc1. The summed E-state index contributed by atoms with van der Waals surface area (Å²) in [6.45, 7) is 5.49. The number of rotatable bonds is 10. The monoisotopic (exact) mass is 494 g/mol. The Kier molecular flexibility index (Phi) is 8.83. The maximum absolute atomic E-state index is 13.3. The Bertz CT molecular complexity index is 1200. The van der Waals surface area contributed by atoms with E-state index in [4.69, 9.17) is 0 Å². The van der Waals surface area contributed by atoms with Crippen LogP contribution in [0.5, 0.6) is 0 Å². The minimum absolute atomic E-state index is 0.164. The Hall–Kier alpha value is -3.00. The molecular weight excluding hydrogens is 460 g/mol. The zero-order valence-corrected chi connectivity index (χ0v) is 21.4. The second-order valence-electron chi connectivity index (χ2n) is 9.08. The van der Waals surface area contributed by atoms with Crippen molar-refractivity contribution in [1.82, 2.24) is 9.62 Å². The molecule has 0 aliphatic heterocycles. The first-order chi connectivity index (χ1) is 16.6. The molecule has 35 heavy (non-hydrogen) atoms. The Labute approximate surface area is 208 Å². The number of aliphatic hydroxyl groups is 1. The van der Waals surface area contributed by atoms with Gasteiger partial charge in [0.15, 0.2) is 0 Å². The normalized spacial score (nSPS) is 15.1. The predicted octanol–water partition coefficient (Wildman–Crippen LogP) is 4.62. The Morgan fingerprint density at radius 2 is 1.40 bits per heavy atom. The van der Waals surface area contributed by atoms with Crippen LogP contribution in [0.3, 0.4) is 0 Å². The molecule has 1 amide bonds. The summed E-state index contributed by atoms with van der Waals surface area (Å²) >= 11 is 0. The van der Waals surface area contributed by atoms with E-state index >= 15 is 0 Å². The van der Waals surface area contributed by atoms with Gasteiger partial charge in [0.2, 0.25) is 15.9 Å². The molecule has 3 aromatic rings. The van der Waals surface area contributed by atoms with Crippen LogP contribution in [0.4, 0.5) is 0 Å². The van der Waals surface area contributed by atoms with Gasteiger partial charge in [-0.1, -0.05) is 85.3 Å². The number of benzene rings is 3. The number of hydrogen-bond acceptors (Lipinski definition) is 4. The van der Waals surface area contributed by atoms with Crippen molar-refractivity contribution in [1.29, 1.82) is 0 Å². The van der Waals surface area contributed by atoms with Gasteiger partial charge in [-0.25, -0.2) is 13.1 Å². The zero-order chi connectivity index (χ0) is 25.6. The number of aryl methyl sites for hydroxylation is 1. The van der Waals surface area contributed by atoms with Gasteiger partial charge in [0, 0.05) is 19.0 Å². The Morgan fingerprint density at radius 1 is 0.886 bits per heavy atom. The molecule has 0 unspecified atom stereocenters. The molecular formula is C28H34N2O4S.